The van der Waals surface area contributed by atoms with E-state index >= 15 is 0 Å². The summed E-state index contributed by atoms with van der Waals surface area (Å²) in [7, 11) is 0. The molecule has 8 heteroatoms. The molecular weight excluding hydrogens is 418 g/mol. The molecule has 8 nitrogen and oxygen atoms in total. The van der Waals surface area contributed by atoms with Crippen LogP contribution in [0.15, 0.2) is 60.8 Å². The number of hydrogen-bond donors (Lipinski definition) is 2. The minimum absolute atomic E-state index is 0.389. The topological polar surface area (TPSA) is 98.1 Å². The van der Waals surface area contributed by atoms with Crippen LogP contribution in [0.5, 0.6) is 5.75 Å². The SMILES string of the molecule is CCOc1ccc(C(=O)NNC(=O)c2cc(C)nc3c2cnn3Cc2ccc(C)cc2)cc1. The van der Waals surface area contributed by atoms with Crippen molar-refractivity contribution in [2.24, 2.45) is 0 Å². The van der Waals surface area contributed by atoms with E-state index in [-0.39, 0.29) is 0 Å². The molecule has 0 aliphatic carbocycles. The lowest BCUT2D eigenvalue weighted by Gasteiger charge is -2.10. The van der Waals surface area contributed by atoms with Crippen LogP contribution in [0.25, 0.3) is 11.0 Å². The summed E-state index contributed by atoms with van der Waals surface area (Å²) < 4.78 is 7.14. The van der Waals surface area contributed by atoms with Gasteiger partial charge in [0.1, 0.15) is 5.75 Å². The van der Waals surface area contributed by atoms with Gasteiger partial charge in [-0.1, -0.05) is 29.8 Å². The first-order valence-electron chi connectivity index (χ1n) is 10.7. The normalized spacial score (nSPS) is 10.8. The van der Waals surface area contributed by atoms with Crippen molar-refractivity contribution < 1.29 is 14.3 Å². The molecule has 0 fully saturated rings. The van der Waals surface area contributed by atoms with Crippen LogP contribution in [-0.2, 0) is 6.54 Å². The summed E-state index contributed by atoms with van der Waals surface area (Å²) in [5, 5.41) is 5.05. The molecule has 0 aliphatic heterocycles. The maximum atomic E-state index is 12.9. The van der Waals surface area contributed by atoms with E-state index in [0.29, 0.717) is 46.8 Å². The number of rotatable bonds is 6. The van der Waals surface area contributed by atoms with Crippen LogP contribution in [0.1, 0.15) is 44.5 Å². The largest absolute Gasteiger partial charge is 0.494 e. The first kappa shape index (κ1) is 22.0. The maximum Gasteiger partial charge on any atom is 0.270 e. The molecule has 33 heavy (non-hydrogen) atoms. The molecule has 2 heterocycles. The summed E-state index contributed by atoms with van der Waals surface area (Å²) in [5.74, 6) is -0.196. The van der Waals surface area contributed by atoms with Gasteiger partial charge >= 0.3 is 0 Å². The van der Waals surface area contributed by atoms with Crippen molar-refractivity contribution in [1.29, 1.82) is 0 Å². The molecule has 2 aromatic carbocycles. The number of nitrogens with zero attached hydrogens (tertiary/aromatic N) is 3. The Labute approximate surface area is 191 Å². The van der Waals surface area contributed by atoms with Crippen molar-refractivity contribution in [3.8, 4) is 5.75 Å². The molecule has 168 valence electrons. The Hall–Kier alpha value is -4.20. The molecule has 0 unspecified atom stereocenters. The van der Waals surface area contributed by atoms with Gasteiger partial charge in [0.25, 0.3) is 11.8 Å². The van der Waals surface area contributed by atoms with Gasteiger partial charge in [-0.15, -0.1) is 0 Å². The molecular formula is C25H25N5O3. The number of hydrazine groups is 1. The number of ether oxygens (including phenoxy) is 1. The van der Waals surface area contributed by atoms with Gasteiger partial charge in [0.15, 0.2) is 5.65 Å². The number of carbonyl (C=O) groups excluding carboxylic acids is 2. The molecule has 0 radical (unpaired) electrons. The van der Waals surface area contributed by atoms with Crippen LogP contribution in [0.4, 0.5) is 0 Å². The zero-order chi connectivity index (χ0) is 23.4. The number of nitrogens with one attached hydrogen (secondary N) is 2. The highest BCUT2D eigenvalue weighted by Crippen LogP contribution is 2.19. The maximum absolute atomic E-state index is 12.9. The Morgan fingerprint density at radius 1 is 0.970 bits per heavy atom. The number of aromatic nitrogens is 3. The molecule has 2 aromatic heterocycles. The molecule has 0 aliphatic rings. The standard InChI is InChI=1S/C25H25N5O3/c1-4-33-20-11-9-19(10-12-20)24(31)28-29-25(32)21-13-17(3)27-23-22(21)14-26-30(23)15-18-7-5-16(2)6-8-18/h5-14H,4,15H2,1-3H3,(H,28,31)(H,29,32). The van der Waals surface area contributed by atoms with Crippen molar-refractivity contribution in [3.05, 3.63) is 88.7 Å². The molecule has 2 N–H and O–H groups in total. The zero-order valence-electron chi connectivity index (χ0n) is 18.8. The number of pyridine rings is 1. The molecule has 0 saturated carbocycles. The van der Waals surface area contributed by atoms with Gasteiger partial charge in [-0.25, -0.2) is 9.67 Å². The van der Waals surface area contributed by atoms with Crippen molar-refractivity contribution in [2.75, 3.05) is 6.61 Å². The smallest absolute Gasteiger partial charge is 0.270 e. The van der Waals surface area contributed by atoms with Gasteiger partial charge in [-0.2, -0.15) is 5.10 Å². The summed E-state index contributed by atoms with van der Waals surface area (Å²) in [6.45, 7) is 6.83. The minimum Gasteiger partial charge on any atom is -0.494 e. The fourth-order valence-electron chi connectivity index (χ4n) is 3.47. The number of benzene rings is 2. The molecule has 2 amide bonds. The Balaban J connectivity index is 1.50. The van der Waals surface area contributed by atoms with Crippen LogP contribution < -0.4 is 15.6 Å². The second-order valence-corrected chi connectivity index (χ2v) is 7.70. The van der Waals surface area contributed by atoms with Gasteiger partial charge in [0.05, 0.1) is 30.3 Å². The number of aryl methyl sites for hydroxylation is 2. The second kappa shape index (κ2) is 9.52. The molecule has 4 rings (SSSR count). The minimum atomic E-state index is -0.445. The summed E-state index contributed by atoms with van der Waals surface area (Å²) >= 11 is 0. The van der Waals surface area contributed by atoms with Gasteiger partial charge < -0.3 is 4.74 Å². The lowest BCUT2D eigenvalue weighted by atomic mass is 10.1. The third-order valence-corrected chi connectivity index (χ3v) is 5.15. The summed E-state index contributed by atoms with van der Waals surface area (Å²) in [4.78, 5) is 29.9. The van der Waals surface area contributed by atoms with E-state index in [1.807, 2.05) is 45.0 Å². The summed E-state index contributed by atoms with van der Waals surface area (Å²) in [5.41, 5.74) is 9.29. The van der Waals surface area contributed by atoms with Gasteiger partial charge in [0.2, 0.25) is 0 Å². The molecule has 0 atom stereocenters. The van der Waals surface area contributed by atoms with Gasteiger partial charge in [-0.3, -0.25) is 20.4 Å². The molecule has 0 spiro atoms. The Morgan fingerprint density at radius 3 is 2.36 bits per heavy atom. The molecule has 4 aromatic rings. The predicted molar refractivity (Wildman–Crippen MR) is 125 cm³/mol. The van der Waals surface area contributed by atoms with Crippen molar-refractivity contribution >= 4 is 22.8 Å². The summed E-state index contributed by atoms with van der Waals surface area (Å²) in [6, 6.07) is 16.5. The highest BCUT2D eigenvalue weighted by atomic mass is 16.5. The fourth-order valence-corrected chi connectivity index (χ4v) is 3.47. The van der Waals surface area contributed by atoms with Gasteiger partial charge in [0, 0.05) is 11.3 Å². The van der Waals surface area contributed by atoms with Crippen LogP contribution in [0, 0.1) is 13.8 Å². The third kappa shape index (κ3) is 5.01. The van der Waals surface area contributed by atoms with Crippen LogP contribution in [-0.4, -0.2) is 33.2 Å². The van der Waals surface area contributed by atoms with Crippen molar-refractivity contribution in [1.82, 2.24) is 25.6 Å². The number of amides is 2. The first-order chi connectivity index (χ1) is 15.9. The molecule has 0 saturated heterocycles. The second-order valence-electron chi connectivity index (χ2n) is 7.70. The predicted octanol–water partition coefficient (Wildman–Crippen LogP) is 3.57. The quantitative estimate of drug-likeness (QED) is 0.444. The number of carbonyl (C=O) groups is 2. The Morgan fingerprint density at radius 2 is 1.67 bits per heavy atom. The van der Waals surface area contributed by atoms with E-state index in [0.717, 1.165) is 5.56 Å². The Kier molecular flexibility index (Phi) is 6.35. The van der Waals surface area contributed by atoms with E-state index in [1.165, 1.54) is 5.56 Å². The highest BCUT2D eigenvalue weighted by Gasteiger charge is 2.17. The summed E-state index contributed by atoms with van der Waals surface area (Å²) in [6.07, 6.45) is 1.62. The lowest BCUT2D eigenvalue weighted by molar-refractivity contribution is 0.0847. The Bertz CT molecular complexity index is 1290. The first-order valence-corrected chi connectivity index (χ1v) is 10.7. The average Bonchev–Trinajstić information content (AvgIpc) is 3.21. The van der Waals surface area contributed by atoms with Crippen LogP contribution >= 0.6 is 0 Å². The third-order valence-electron chi connectivity index (χ3n) is 5.15. The molecule has 0 bridgehead atoms. The van der Waals surface area contributed by atoms with Crippen LogP contribution in [0.2, 0.25) is 0 Å². The highest BCUT2D eigenvalue weighted by molar-refractivity contribution is 6.06. The van der Waals surface area contributed by atoms with E-state index < -0.39 is 11.8 Å². The number of hydrogen-bond acceptors (Lipinski definition) is 5. The van der Waals surface area contributed by atoms with E-state index in [1.54, 1.807) is 41.2 Å². The van der Waals surface area contributed by atoms with Crippen LogP contribution in [0.3, 0.4) is 0 Å². The monoisotopic (exact) mass is 443 g/mol. The van der Waals surface area contributed by atoms with E-state index in [9.17, 15) is 9.59 Å². The van der Waals surface area contributed by atoms with E-state index in [2.05, 4.69) is 20.9 Å². The lowest BCUT2D eigenvalue weighted by Crippen LogP contribution is -2.41. The fraction of sp³-hybridized carbons (Fsp3) is 0.200. The number of fused-ring (bicyclic) bond motifs is 1. The average molecular weight is 444 g/mol. The van der Waals surface area contributed by atoms with Crippen molar-refractivity contribution in [2.45, 2.75) is 27.3 Å². The zero-order valence-corrected chi connectivity index (χ0v) is 18.8. The van der Waals surface area contributed by atoms with E-state index in [4.69, 9.17) is 4.74 Å². The van der Waals surface area contributed by atoms with Gasteiger partial charge in [-0.05, 0) is 56.7 Å². The van der Waals surface area contributed by atoms with Crippen molar-refractivity contribution in [3.63, 3.8) is 0 Å².